The molecule has 0 unspecified atom stereocenters. The van der Waals surface area contributed by atoms with Gasteiger partial charge in [-0.05, 0) is 12.1 Å². The van der Waals surface area contributed by atoms with Crippen LogP contribution < -0.4 is 0 Å². The number of hydrogen-bond acceptors (Lipinski definition) is 3. The minimum atomic E-state index is -3.95. The van der Waals surface area contributed by atoms with Crippen LogP contribution in [0.15, 0.2) is 23.4 Å². The van der Waals surface area contributed by atoms with Crippen molar-refractivity contribution in [3.63, 3.8) is 0 Å². The van der Waals surface area contributed by atoms with Crippen molar-refractivity contribution in [3.05, 3.63) is 28.5 Å². The molecule has 0 atom stereocenters. The van der Waals surface area contributed by atoms with Crippen LogP contribution in [0.25, 0.3) is 5.65 Å². The van der Waals surface area contributed by atoms with E-state index in [9.17, 15) is 8.42 Å². The molecule has 4 nitrogen and oxygen atoms in total. The fourth-order valence-electron chi connectivity index (χ4n) is 1.20. The van der Waals surface area contributed by atoms with E-state index >= 15 is 0 Å². The van der Waals surface area contributed by atoms with Gasteiger partial charge in [0.05, 0.1) is 5.02 Å². The molecule has 0 aliphatic rings. The van der Waals surface area contributed by atoms with E-state index in [1.54, 1.807) is 12.1 Å². The van der Waals surface area contributed by atoms with Gasteiger partial charge in [-0.15, -0.1) is 0 Å². The van der Waals surface area contributed by atoms with Crippen molar-refractivity contribution < 1.29 is 8.42 Å². The van der Waals surface area contributed by atoms with E-state index in [-0.39, 0.29) is 15.8 Å². The molecular weight excluding hydrogens is 283 g/mol. The van der Waals surface area contributed by atoms with Crippen molar-refractivity contribution in [2.45, 2.75) is 5.03 Å². The molecule has 0 saturated heterocycles. The topological polar surface area (TPSA) is 51.4 Å². The van der Waals surface area contributed by atoms with Crippen molar-refractivity contribution >= 4 is 48.6 Å². The molecule has 0 aromatic carbocycles. The summed E-state index contributed by atoms with van der Waals surface area (Å²) in [5.74, 6) is 0. The third-order valence-electron chi connectivity index (χ3n) is 1.75. The second kappa shape index (κ2) is 3.52. The van der Waals surface area contributed by atoms with Gasteiger partial charge in [0.1, 0.15) is 0 Å². The number of hydrogen-bond donors (Lipinski definition) is 0. The lowest BCUT2D eigenvalue weighted by Crippen LogP contribution is -1.97. The van der Waals surface area contributed by atoms with E-state index in [4.69, 9.17) is 33.9 Å². The summed E-state index contributed by atoms with van der Waals surface area (Å²) in [5, 5.41) is -0.174. The second-order valence-electron chi connectivity index (χ2n) is 2.70. The summed E-state index contributed by atoms with van der Waals surface area (Å²) in [6.45, 7) is 0. The highest BCUT2D eigenvalue weighted by Crippen LogP contribution is 2.28. The Morgan fingerprint density at radius 1 is 1.33 bits per heavy atom. The lowest BCUT2D eigenvalue weighted by Gasteiger charge is -1.97. The molecule has 0 N–H and O–H groups in total. The van der Waals surface area contributed by atoms with E-state index < -0.39 is 9.05 Å². The molecular formula is C7H3Cl3N2O2S. The Kier molecular flexibility index (Phi) is 2.58. The SMILES string of the molecule is O=S(=O)(Cl)c1c(Cl)nc2c(Cl)cccn12. The summed E-state index contributed by atoms with van der Waals surface area (Å²) in [6, 6.07) is 3.14. The minimum Gasteiger partial charge on any atom is -0.287 e. The van der Waals surface area contributed by atoms with Gasteiger partial charge in [0.2, 0.25) is 0 Å². The molecule has 0 amide bonds. The molecule has 2 aromatic rings. The van der Waals surface area contributed by atoms with Crippen molar-refractivity contribution in [2.75, 3.05) is 0 Å². The number of aromatic nitrogens is 2. The molecule has 2 heterocycles. The normalized spacial score (nSPS) is 12.2. The molecule has 2 aromatic heterocycles. The Hall–Kier alpha value is -0.490. The maximum Gasteiger partial charge on any atom is 0.280 e. The van der Waals surface area contributed by atoms with Gasteiger partial charge >= 0.3 is 0 Å². The first-order valence-electron chi connectivity index (χ1n) is 3.68. The predicted octanol–water partition coefficient (Wildman–Crippen LogP) is 2.57. The van der Waals surface area contributed by atoms with Crippen molar-refractivity contribution in [2.24, 2.45) is 0 Å². The molecule has 15 heavy (non-hydrogen) atoms. The lowest BCUT2D eigenvalue weighted by atomic mass is 10.5. The number of imidazole rings is 1. The zero-order valence-corrected chi connectivity index (χ0v) is 10.1. The van der Waals surface area contributed by atoms with Crippen LogP contribution in [0.5, 0.6) is 0 Å². The Bertz CT molecular complexity index is 635. The van der Waals surface area contributed by atoms with E-state index in [2.05, 4.69) is 4.98 Å². The molecule has 8 heteroatoms. The lowest BCUT2D eigenvalue weighted by molar-refractivity contribution is 0.605. The molecule has 0 aliphatic carbocycles. The van der Waals surface area contributed by atoms with Gasteiger partial charge in [-0.2, -0.15) is 0 Å². The monoisotopic (exact) mass is 284 g/mol. The number of fused-ring (bicyclic) bond motifs is 1. The van der Waals surface area contributed by atoms with Crippen molar-refractivity contribution in [1.82, 2.24) is 9.38 Å². The number of halogens is 3. The van der Waals surface area contributed by atoms with E-state index in [0.717, 1.165) is 0 Å². The summed E-state index contributed by atoms with van der Waals surface area (Å²) in [4.78, 5) is 3.81. The van der Waals surface area contributed by atoms with Crippen LogP contribution in [0.2, 0.25) is 10.2 Å². The minimum absolute atomic E-state index is 0.196. The van der Waals surface area contributed by atoms with Crippen LogP contribution in [0.4, 0.5) is 0 Å². The predicted molar refractivity (Wildman–Crippen MR) is 58.3 cm³/mol. The Labute approximate surface area is 99.8 Å². The van der Waals surface area contributed by atoms with Gasteiger partial charge in [0.15, 0.2) is 15.8 Å². The summed E-state index contributed by atoms with van der Waals surface area (Å²) in [7, 11) is 1.27. The van der Waals surface area contributed by atoms with E-state index in [1.807, 2.05) is 0 Å². The number of pyridine rings is 1. The van der Waals surface area contributed by atoms with Gasteiger partial charge < -0.3 is 0 Å². The Balaban J connectivity index is 2.99. The third kappa shape index (κ3) is 1.80. The summed E-state index contributed by atoms with van der Waals surface area (Å²) >= 11 is 11.5. The van der Waals surface area contributed by atoms with Crippen molar-refractivity contribution in [1.29, 1.82) is 0 Å². The van der Waals surface area contributed by atoms with Crippen LogP contribution in [0.1, 0.15) is 0 Å². The number of rotatable bonds is 1. The highest BCUT2D eigenvalue weighted by Gasteiger charge is 2.22. The highest BCUT2D eigenvalue weighted by molar-refractivity contribution is 8.13. The van der Waals surface area contributed by atoms with Gasteiger partial charge in [-0.3, -0.25) is 4.40 Å². The zero-order chi connectivity index (χ0) is 11.2. The van der Waals surface area contributed by atoms with Gasteiger partial charge in [-0.25, -0.2) is 13.4 Å². The highest BCUT2D eigenvalue weighted by atomic mass is 35.7. The molecule has 0 radical (unpaired) electrons. The molecule has 0 saturated carbocycles. The van der Waals surface area contributed by atoms with Crippen molar-refractivity contribution in [3.8, 4) is 0 Å². The van der Waals surface area contributed by atoms with Gasteiger partial charge in [-0.1, -0.05) is 23.2 Å². The first-order valence-corrected chi connectivity index (χ1v) is 6.74. The van der Waals surface area contributed by atoms with Crippen LogP contribution in [-0.2, 0) is 9.05 Å². The maximum atomic E-state index is 11.2. The van der Waals surface area contributed by atoms with Crippen LogP contribution in [-0.4, -0.2) is 17.8 Å². The standard InChI is InChI=1S/C7H3Cl3N2O2S/c8-4-2-1-3-12-6(4)11-5(9)7(12)15(10,13)14/h1-3H. The summed E-state index contributed by atoms with van der Waals surface area (Å²) < 4.78 is 23.7. The largest absolute Gasteiger partial charge is 0.287 e. The van der Waals surface area contributed by atoms with E-state index in [0.29, 0.717) is 5.02 Å². The molecule has 0 spiro atoms. The smallest absolute Gasteiger partial charge is 0.280 e. The summed E-state index contributed by atoms with van der Waals surface area (Å²) in [5.41, 5.74) is 0.253. The molecule has 0 aliphatic heterocycles. The number of nitrogens with zero attached hydrogens (tertiary/aromatic N) is 2. The fraction of sp³-hybridized carbons (Fsp3) is 0. The third-order valence-corrected chi connectivity index (χ3v) is 3.71. The fourth-order valence-corrected chi connectivity index (χ4v) is 3.07. The maximum absolute atomic E-state index is 11.2. The first kappa shape index (κ1) is 11.0. The zero-order valence-electron chi connectivity index (χ0n) is 6.99. The molecule has 0 bridgehead atoms. The average molecular weight is 286 g/mol. The quantitative estimate of drug-likeness (QED) is 0.757. The van der Waals surface area contributed by atoms with Crippen LogP contribution >= 0.6 is 33.9 Å². The van der Waals surface area contributed by atoms with Gasteiger partial charge in [0, 0.05) is 16.9 Å². The molecule has 80 valence electrons. The van der Waals surface area contributed by atoms with Gasteiger partial charge in [0.25, 0.3) is 9.05 Å². The second-order valence-corrected chi connectivity index (χ2v) is 5.94. The van der Waals surface area contributed by atoms with E-state index in [1.165, 1.54) is 10.6 Å². The van der Waals surface area contributed by atoms with Crippen LogP contribution in [0.3, 0.4) is 0 Å². The first-order chi connectivity index (χ1) is 6.91. The van der Waals surface area contributed by atoms with Crippen LogP contribution in [0, 0.1) is 0 Å². The molecule has 2 rings (SSSR count). The Morgan fingerprint density at radius 2 is 2.00 bits per heavy atom. The summed E-state index contributed by atoms with van der Waals surface area (Å²) in [6.07, 6.45) is 1.47. The Morgan fingerprint density at radius 3 is 2.60 bits per heavy atom. The average Bonchev–Trinajstić information content (AvgIpc) is 2.41. The molecule has 0 fully saturated rings.